The summed E-state index contributed by atoms with van der Waals surface area (Å²) in [4.78, 5) is 12.6. The highest BCUT2D eigenvalue weighted by atomic mass is 16.6. The van der Waals surface area contributed by atoms with E-state index in [0.29, 0.717) is 17.3 Å². The second-order valence-corrected chi connectivity index (χ2v) is 4.29. The van der Waals surface area contributed by atoms with E-state index in [-0.39, 0.29) is 5.69 Å². The summed E-state index contributed by atoms with van der Waals surface area (Å²) in [6.07, 6.45) is 0.966. The van der Waals surface area contributed by atoms with E-state index in [9.17, 15) is 10.1 Å². The van der Waals surface area contributed by atoms with Crippen molar-refractivity contribution in [2.75, 3.05) is 25.0 Å². The number of nitrogens with zero attached hydrogens (tertiary/aromatic N) is 3. The SMILES string of the molecule is CNC1CCN(c2ccc(C#N)cc2[N+](=O)[O-])C1. The number of nitro benzene ring substituents is 1. The van der Waals surface area contributed by atoms with Gasteiger partial charge in [-0.3, -0.25) is 10.1 Å². The summed E-state index contributed by atoms with van der Waals surface area (Å²) in [5, 5.41) is 23.0. The molecule has 1 unspecified atom stereocenters. The molecule has 1 aromatic carbocycles. The third-order valence-corrected chi connectivity index (χ3v) is 3.24. The molecule has 1 fully saturated rings. The number of nitriles is 1. The van der Waals surface area contributed by atoms with Gasteiger partial charge in [0.25, 0.3) is 5.69 Å². The van der Waals surface area contributed by atoms with Crippen LogP contribution in [-0.4, -0.2) is 31.1 Å². The van der Waals surface area contributed by atoms with Gasteiger partial charge >= 0.3 is 0 Å². The fraction of sp³-hybridized carbons (Fsp3) is 0.417. The van der Waals surface area contributed by atoms with Crippen LogP contribution in [0.2, 0.25) is 0 Å². The second-order valence-electron chi connectivity index (χ2n) is 4.29. The van der Waals surface area contributed by atoms with Crippen LogP contribution in [0.3, 0.4) is 0 Å². The summed E-state index contributed by atoms with van der Waals surface area (Å²) < 4.78 is 0. The number of anilines is 1. The maximum atomic E-state index is 11.1. The van der Waals surface area contributed by atoms with Crippen molar-refractivity contribution in [1.29, 1.82) is 5.26 Å². The van der Waals surface area contributed by atoms with Crippen LogP contribution in [0.4, 0.5) is 11.4 Å². The van der Waals surface area contributed by atoms with Gasteiger partial charge in [-0.05, 0) is 25.6 Å². The lowest BCUT2D eigenvalue weighted by Crippen LogP contribution is -2.29. The zero-order valence-electron chi connectivity index (χ0n) is 10.1. The molecule has 1 heterocycles. The molecule has 0 saturated carbocycles. The molecule has 94 valence electrons. The number of nitrogens with one attached hydrogen (secondary N) is 1. The Labute approximate surface area is 105 Å². The van der Waals surface area contributed by atoms with Gasteiger partial charge in [0.2, 0.25) is 0 Å². The van der Waals surface area contributed by atoms with Crippen molar-refractivity contribution in [1.82, 2.24) is 5.32 Å². The van der Waals surface area contributed by atoms with Crippen LogP contribution >= 0.6 is 0 Å². The first-order chi connectivity index (χ1) is 8.65. The molecule has 1 atom stereocenters. The van der Waals surface area contributed by atoms with Gasteiger partial charge in [-0.15, -0.1) is 0 Å². The van der Waals surface area contributed by atoms with E-state index < -0.39 is 4.92 Å². The van der Waals surface area contributed by atoms with E-state index in [1.54, 1.807) is 12.1 Å². The van der Waals surface area contributed by atoms with E-state index in [1.165, 1.54) is 6.07 Å². The number of rotatable bonds is 3. The normalized spacial score (nSPS) is 18.7. The Hall–Kier alpha value is -2.13. The third kappa shape index (κ3) is 2.26. The van der Waals surface area contributed by atoms with Crippen LogP contribution in [0.25, 0.3) is 0 Å². The van der Waals surface area contributed by atoms with Gasteiger partial charge in [0, 0.05) is 25.2 Å². The van der Waals surface area contributed by atoms with Gasteiger partial charge in [0.05, 0.1) is 16.6 Å². The molecule has 0 aliphatic carbocycles. The minimum absolute atomic E-state index is 0.00537. The monoisotopic (exact) mass is 246 g/mol. The van der Waals surface area contributed by atoms with Crippen LogP contribution in [-0.2, 0) is 0 Å². The zero-order valence-corrected chi connectivity index (χ0v) is 10.1. The molecule has 0 amide bonds. The Bertz CT molecular complexity index is 509. The van der Waals surface area contributed by atoms with Crippen molar-refractivity contribution in [2.45, 2.75) is 12.5 Å². The number of likely N-dealkylation sites (N-methyl/N-ethyl adjacent to an activating group) is 1. The highest BCUT2D eigenvalue weighted by Gasteiger charge is 2.26. The highest BCUT2D eigenvalue weighted by Crippen LogP contribution is 2.31. The van der Waals surface area contributed by atoms with E-state index in [4.69, 9.17) is 5.26 Å². The Morgan fingerprint density at radius 2 is 2.39 bits per heavy atom. The molecule has 18 heavy (non-hydrogen) atoms. The largest absolute Gasteiger partial charge is 0.364 e. The first kappa shape index (κ1) is 12.3. The molecule has 6 heteroatoms. The summed E-state index contributed by atoms with van der Waals surface area (Å²) in [5.74, 6) is 0. The first-order valence-corrected chi connectivity index (χ1v) is 5.76. The van der Waals surface area contributed by atoms with E-state index in [2.05, 4.69) is 5.32 Å². The van der Waals surface area contributed by atoms with Crippen molar-refractivity contribution < 1.29 is 4.92 Å². The Kier molecular flexibility index (Phi) is 3.44. The molecule has 0 radical (unpaired) electrons. The van der Waals surface area contributed by atoms with Gasteiger partial charge < -0.3 is 10.2 Å². The van der Waals surface area contributed by atoms with Crippen LogP contribution in [0, 0.1) is 21.4 Å². The molecule has 0 aromatic heterocycles. The predicted octanol–water partition coefficient (Wildman–Crippen LogP) is 1.26. The number of nitro groups is 1. The maximum absolute atomic E-state index is 11.1. The predicted molar refractivity (Wildman–Crippen MR) is 67.5 cm³/mol. The van der Waals surface area contributed by atoms with Crippen LogP contribution in [0.1, 0.15) is 12.0 Å². The molecule has 0 spiro atoms. The minimum atomic E-state index is -0.428. The van der Waals surface area contributed by atoms with Gasteiger partial charge in [-0.1, -0.05) is 0 Å². The molecular formula is C12H14N4O2. The van der Waals surface area contributed by atoms with Gasteiger partial charge in [-0.2, -0.15) is 5.26 Å². The van der Waals surface area contributed by atoms with Crippen molar-refractivity contribution in [2.24, 2.45) is 0 Å². The van der Waals surface area contributed by atoms with E-state index in [1.807, 2.05) is 18.0 Å². The molecule has 6 nitrogen and oxygen atoms in total. The molecule has 1 N–H and O–H groups in total. The lowest BCUT2D eigenvalue weighted by molar-refractivity contribution is -0.384. The standard InChI is InChI=1S/C12H14N4O2/c1-14-10-4-5-15(8-10)11-3-2-9(7-13)6-12(11)16(17)18/h2-3,6,10,14H,4-5,8H2,1H3. The fourth-order valence-electron chi connectivity index (χ4n) is 2.22. The van der Waals surface area contributed by atoms with Crippen LogP contribution < -0.4 is 10.2 Å². The number of benzene rings is 1. The van der Waals surface area contributed by atoms with Crippen LogP contribution in [0.5, 0.6) is 0 Å². The molecular weight excluding hydrogens is 232 g/mol. The summed E-state index contributed by atoms with van der Waals surface area (Å²) in [7, 11) is 1.89. The lowest BCUT2D eigenvalue weighted by atomic mass is 10.2. The van der Waals surface area contributed by atoms with Gasteiger partial charge in [0.15, 0.2) is 0 Å². The van der Waals surface area contributed by atoms with E-state index in [0.717, 1.165) is 19.5 Å². The summed E-state index contributed by atoms with van der Waals surface area (Å²) in [6.45, 7) is 1.54. The van der Waals surface area contributed by atoms with Gasteiger partial charge in [0.1, 0.15) is 5.69 Å². The first-order valence-electron chi connectivity index (χ1n) is 5.76. The molecule has 1 aliphatic rings. The van der Waals surface area contributed by atoms with Crippen molar-refractivity contribution >= 4 is 11.4 Å². The molecule has 2 rings (SSSR count). The minimum Gasteiger partial charge on any atom is -0.364 e. The summed E-state index contributed by atoms with van der Waals surface area (Å²) in [5.41, 5.74) is 0.914. The number of hydrogen-bond acceptors (Lipinski definition) is 5. The Morgan fingerprint density at radius 1 is 1.61 bits per heavy atom. The Balaban J connectivity index is 2.33. The van der Waals surface area contributed by atoms with E-state index >= 15 is 0 Å². The van der Waals surface area contributed by atoms with Gasteiger partial charge in [-0.25, -0.2) is 0 Å². The topological polar surface area (TPSA) is 82.2 Å². The maximum Gasteiger partial charge on any atom is 0.293 e. The molecule has 0 bridgehead atoms. The summed E-state index contributed by atoms with van der Waals surface area (Å²) in [6, 6.07) is 6.90. The third-order valence-electron chi connectivity index (χ3n) is 3.24. The fourth-order valence-corrected chi connectivity index (χ4v) is 2.22. The van der Waals surface area contributed by atoms with Crippen molar-refractivity contribution in [3.05, 3.63) is 33.9 Å². The lowest BCUT2D eigenvalue weighted by Gasteiger charge is -2.18. The van der Waals surface area contributed by atoms with Crippen molar-refractivity contribution in [3.8, 4) is 6.07 Å². The molecule has 1 aliphatic heterocycles. The van der Waals surface area contributed by atoms with Crippen molar-refractivity contribution in [3.63, 3.8) is 0 Å². The average molecular weight is 246 g/mol. The summed E-state index contributed by atoms with van der Waals surface area (Å²) >= 11 is 0. The smallest absolute Gasteiger partial charge is 0.293 e. The number of hydrogen-bond donors (Lipinski definition) is 1. The quantitative estimate of drug-likeness (QED) is 0.641. The molecule has 1 aromatic rings. The molecule has 1 saturated heterocycles. The zero-order chi connectivity index (χ0) is 13.1. The highest BCUT2D eigenvalue weighted by molar-refractivity contribution is 5.66. The Morgan fingerprint density at radius 3 is 2.94 bits per heavy atom. The van der Waals surface area contributed by atoms with Crippen LogP contribution in [0.15, 0.2) is 18.2 Å². The second kappa shape index (κ2) is 5.02. The average Bonchev–Trinajstić information content (AvgIpc) is 2.86.